The number of rotatable bonds is 15. The molecule has 1 N–H and O–H groups in total. The first-order valence-corrected chi connectivity index (χ1v) is 13.6. The zero-order valence-electron chi connectivity index (χ0n) is 21.9. The Kier molecular flexibility index (Phi) is 10.9. The van der Waals surface area contributed by atoms with Gasteiger partial charge >= 0.3 is 5.97 Å². The quantitative estimate of drug-likeness (QED) is 0.253. The molecule has 0 aromatic heterocycles. The number of benzene rings is 2. The molecule has 4 heteroatoms. The van der Waals surface area contributed by atoms with E-state index >= 15 is 4.39 Å². The van der Waals surface area contributed by atoms with Gasteiger partial charge in [-0.2, -0.15) is 0 Å². The summed E-state index contributed by atoms with van der Waals surface area (Å²) in [7, 11) is 0. The molecular weight excluding hydrogens is 451 g/mol. The molecule has 0 bridgehead atoms. The number of aryl methyl sites for hydroxylation is 1. The minimum Gasteiger partial charge on any atom is -0.479 e. The summed E-state index contributed by atoms with van der Waals surface area (Å²) in [5, 5.41) is 10.2. The third kappa shape index (κ3) is 7.39. The van der Waals surface area contributed by atoms with Crippen LogP contribution in [0.2, 0.25) is 0 Å². The second kappa shape index (κ2) is 14.1. The first-order chi connectivity index (χ1) is 17.5. The normalized spacial score (nSPS) is 17.5. The van der Waals surface area contributed by atoms with Crippen molar-refractivity contribution in [3.05, 3.63) is 83.2 Å². The van der Waals surface area contributed by atoms with Crippen LogP contribution in [0.1, 0.15) is 94.7 Å². The van der Waals surface area contributed by atoms with Crippen LogP contribution in [0.3, 0.4) is 0 Å². The number of carboxylic acid groups (broad SMARTS) is 1. The second-order valence-corrected chi connectivity index (χ2v) is 9.85. The molecular formula is C32H41FO3. The van der Waals surface area contributed by atoms with Crippen LogP contribution in [-0.4, -0.2) is 23.3 Å². The van der Waals surface area contributed by atoms with Gasteiger partial charge in [-0.1, -0.05) is 107 Å². The lowest BCUT2D eigenvalue weighted by Gasteiger charge is -2.32. The molecule has 1 unspecified atom stereocenters. The van der Waals surface area contributed by atoms with Gasteiger partial charge in [-0.05, 0) is 53.7 Å². The lowest BCUT2D eigenvalue weighted by molar-refractivity contribution is -0.159. The minimum atomic E-state index is -1.50. The number of aliphatic carboxylic acids is 1. The Balaban J connectivity index is 1.87. The van der Waals surface area contributed by atoms with Crippen LogP contribution in [0.4, 0.5) is 4.39 Å². The highest BCUT2D eigenvalue weighted by Gasteiger charge is 2.41. The minimum absolute atomic E-state index is 0.0883. The van der Waals surface area contributed by atoms with E-state index in [1.165, 1.54) is 19.3 Å². The van der Waals surface area contributed by atoms with Crippen molar-refractivity contribution in [3.8, 4) is 0 Å². The predicted octanol–water partition coefficient (Wildman–Crippen LogP) is 8.63. The summed E-state index contributed by atoms with van der Waals surface area (Å²) in [4.78, 5) is 12.5. The van der Waals surface area contributed by atoms with Crippen LogP contribution < -0.4 is 0 Å². The third-order valence-corrected chi connectivity index (χ3v) is 7.02. The zero-order valence-corrected chi connectivity index (χ0v) is 21.9. The molecule has 0 saturated heterocycles. The molecule has 0 aliphatic heterocycles. The van der Waals surface area contributed by atoms with Gasteiger partial charge in [0.25, 0.3) is 0 Å². The molecule has 3 rings (SSSR count). The summed E-state index contributed by atoms with van der Waals surface area (Å²) in [6, 6.07) is 15.2. The van der Waals surface area contributed by atoms with Gasteiger partial charge in [-0.15, -0.1) is 0 Å². The summed E-state index contributed by atoms with van der Waals surface area (Å²) in [6.07, 6.45) is 14.2. The van der Waals surface area contributed by atoms with Crippen LogP contribution in [0.15, 0.2) is 60.7 Å². The summed E-state index contributed by atoms with van der Waals surface area (Å²) in [5.74, 6) is -1.34. The molecule has 194 valence electrons. The standard InChI is InChI=1S/C32H41FO3/c1-3-5-7-8-9-14-22-36-32(31(34)35)21-20-27(26-16-12-10-13-17-26)29(24-32)28-19-18-25(23-30(28)33)15-11-6-4-2/h10,12-13,16-21,23H,3-9,11,14-15,22,24H2,1-2H3,(H,34,35). The maximum Gasteiger partial charge on any atom is 0.340 e. The highest BCUT2D eigenvalue weighted by molar-refractivity contribution is 6.00. The van der Waals surface area contributed by atoms with E-state index in [1.807, 2.05) is 42.5 Å². The number of carboxylic acids is 1. The Bertz CT molecular complexity index is 1040. The Labute approximate surface area is 216 Å². The SMILES string of the molecule is CCCCCCCCOC1(C(=O)O)C=CC(c2ccccc2)=C(c2ccc(CCCCC)cc2F)C1. The highest BCUT2D eigenvalue weighted by Crippen LogP contribution is 2.41. The van der Waals surface area contributed by atoms with E-state index in [2.05, 4.69) is 13.8 Å². The largest absolute Gasteiger partial charge is 0.479 e. The van der Waals surface area contributed by atoms with E-state index in [0.29, 0.717) is 17.7 Å². The van der Waals surface area contributed by atoms with Crippen LogP contribution in [-0.2, 0) is 16.0 Å². The maximum atomic E-state index is 15.5. The van der Waals surface area contributed by atoms with Gasteiger partial charge in [0.05, 0.1) is 0 Å². The van der Waals surface area contributed by atoms with E-state index in [4.69, 9.17) is 4.74 Å². The molecule has 36 heavy (non-hydrogen) atoms. The van der Waals surface area contributed by atoms with E-state index < -0.39 is 11.6 Å². The van der Waals surface area contributed by atoms with Gasteiger partial charge in [-0.3, -0.25) is 0 Å². The fourth-order valence-corrected chi connectivity index (χ4v) is 4.85. The highest BCUT2D eigenvalue weighted by atomic mass is 19.1. The van der Waals surface area contributed by atoms with Gasteiger partial charge in [0.1, 0.15) is 5.82 Å². The first-order valence-electron chi connectivity index (χ1n) is 13.6. The average Bonchev–Trinajstić information content (AvgIpc) is 2.89. The number of halogens is 1. The number of allylic oxidation sites excluding steroid dienone is 2. The zero-order chi connectivity index (χ0) is 25.8. The maximum absolute atomic E-state index is 15.5. The molecule has 0 amide bonds. The number of hydrogen-bond donors (Lipinski definition) is 1. The Morgan fingerprint density at radius 2 is 1.64 bits per heavy atom. The molecule has 1 atom stereocenters. The van der Waals surface area contributed by atoms with Crippen molar-refractivity contribution in [1.82, 2.24) is 0 Å². The smallest absolute Gasteiger partial charge is 0.340 e. The molecule has 1 aliphatic rings. The summed E-state index contributed by atoms with van der Waals surface area (Å²) in [6.45, 7) is 4.71. The molecule has 2 aromatic carbocycles. The molecule has 0 radical (unpaired) electrons. The monoisotopic (exact) mass is 492 g/mol. The number of carbonyl (C=O) groups is 1. The van der Waals surface area contributed by atoms with Crippen LogP contribution in [0.5, 0.6) is 0 Å². The van der Waals surface area contributed by atoms with Crippen molar-refractivity contribution in [2.24, 2.45) is 0 Å². The fourth-order valence-electron chi connectivity index (χ4n) is 4.85. The van der Waals surface area contributed by atoms with Gasteiger partial charge in [-0.25, -0.2) is 9.18 Å². The molecule has 0 spiro atoms. The summed E-state index contributed by atoms with van der Waals surface area (Å²) < 4.78 is 21.6. The van der Waals surface area contributed by atoms with Crippen LogP contribution in [0, 0.1) is 5.82 Å². The van der Waals surface area contributed by atoms with E-state index in [-0.39, 0.29) is 12.2 Å². The van der Waals surface area contributed by atoms with E-state index in [9.17, 15) is 9.90 Å². The number of hydrogen-bond acceptors (Lipinski definition) is 2. The number of unbranched alkanes of at least 4 members (excludes halogenated alkanes) is 7. The molecule has 1 aliphatic carbocycles. The third-order valence-electron chi connectivity index (χ3n) is 7.02. The van der Waals surface area contributed by atoms with Gasteiger partial charge in [0.15, 0.2) is 5.60 Å². The fraction of sp³-hybridized carbons (Fsp3) is 0.469. The van der Waals surface area contributed by atoms with Crippen molar-refractivity contribution in [2.75, 3.05) is 6.61 Å². The predicted molar refractivity (Wildman–Crippen MR) is 146 cm³/mol. The molecule has 3 nitrogen and oxygen atoms in total. The van der Waals surface area contributed by atoms with Crippen LogP contribution >= 0.6 is 0 Å². The van der Waals surface area contributed by atoms with Gasteiger partial charge in [0.2, 0.25) is 0 Å². The first kappa shape index (κ1) is 27.9. The van der Waals surface area contributed by atoms with E-state index in [1.54, 1.807) is 18.2 Å². The van der Waals surface area contributed by atoms with Crippen molar-refractivity contribution in [3.63, 3.8) is 0 Å². The molecule has 0 fully saturated rings. The van der Waals surface area contributed by atoms with Crippen molar-refractivity contribution < 1.29 is 19.0 Å². The average molecular weight is 493 g/mol. The molecule has 2 aromatic rings. The summed E-state index contributed by atoms with van der Waals surface area (Å²) >= 11 is 0. The summed E-state index contributed by atoms with van der Waals surface area (Å²) in [5.41, 5.74) is 2.38. The van der Waals surface area contributed by atoms with Gasteiger partial charge < -0.3 is 9.84 Å². The second-order valence-electron chi connectivity index (χ2n) is 9.85. The lowest BCUT2D eigenvalue weighted by atomic mass is 9.80. The molecule has 0 heterocycles. The topological polar surface area (TPSA) is 46.5 Å². The van der Waals surface area contributed by atoms with Crippen molar-refractivity contribution >= 4 is 17.1 Å². The Morgan fingerprint density at radius 1 is 0.944 bits per heavy atom. The number of ether oxygens (including phenoxy) is 1. The van der Waals surface area contributed by atoms with E-state index in [0.717, 1.165) is 61.6 Å². The van der Waals surface area contributed by atoms with Crippen molar-refractivity contribution in [2.45, 2.75) is 90.1 Å². The Morgan fingerprint density at radius 3 is 2.33 bits per heavy atom. The van der Waals surface area contributed by atoms with Crippen molar-refractivity contribution in [1.29, 1.82) is 0 Å². The van der Waals surface area contributed by atoms with Gasteiger partial charge in [0, 0.05) is 18.6 Å². The Hall–Kier alpha value is -2.72. The molecule has 0 saturated carbocycles. The lowest BCUT2D eigenvalue weighted by Crippen LogP contribution is -2.41. The van der Waals surface area contributed by atoms with Crippen LogP contribution in [0.25, 0.3) is 11.1 Å².